The summed E-state index contributed by atoms with van der Waals surface area (Å²) in [5.74, 6) is -0.981. The van der Waals surface area contributed by atoms with Gasteiger partial charge in [-0.3, -0.25) is 4.79 Å². The van der Waals surface area contributed by atoms with Gasteiger partial charge in [-0.25, -0.2) is 4.79 Å². The zero-order chi connectivity index (χ0) is 13.1. The number of hydrogen-bond acceptors (Lipinski definition) is 2. The van der Waals surface area contributed by atoms with Crippen LogP contribution in [0.15, 0.2) is 38.0 Å². The topological polar surface area (TPSA) is 54.4 Å². The monoisotopic (exact) mass is 214 g/mol. The summed E-state index contributed by atoms with van der Waals surface area (Å²) < 4.78 is 0. The van der Waals surface area contributed by atoms with Crippen LogP contribution >= 0.6 is 0 Å². The van der Waals surface area contributed by atoms with Gasteiger partial charge in [0, 0.05) is 6.08 Å². The molecular weight excluding hydrogens is 192 g/mol. The second kappa shape index (κ2) is 39.4. The van der Waals surface area contributed by atoms with Gasteiger partial charge in [0.1, 0.15) is 6.29 Å². The van der Waals surface area contributed by atoms with E-state index in [0.717, 1.165) is 6.08 Å². The molecule has 0 saturated heterocycles. The fourth-order valence-corrected chi connectivity index (χ4v) is 0. The fourth-order valence-electron chi connectivity index (χ4n) is 0. The zero-order valence-corrected chi connectivity index (χ0v) is 9.90. The Bertz CT molecular complexity index is 154. The Hall–Kier alpha value is -1.64. The van der Waals surface area contributed by atoms with Gasteiger partial charge in [-0.15, -0.1) is 6.58 Å². The van der Waals surface area contributed by atoms with Gasteiger partial charge in [0.25, 0.3) is 0 Å². The number of carboxylic acid groups (broad SMARTS) is 1. The van der Waals surface area contributed by atoms with E-state index in [0.29, 0.717) is 6.29 Å². The van der Waals surface area contributed by atoms with Crippen molar-refractivity contribution >= 4 is 12.3 Å². The summed E-state index contributed by atoms with van der Waals surface area (Å²) in [5.41, 5.74) is 0. The van der Waals surface area contributed by atoms with Crippen LogP contribution in [0.1, 0.15) is 27.2 Å². The SMILES string of the molecule is C=CC.C=CC(=O)O.C=CC=O.CCC. The van der Waals surface area contributed by atoms with Gasteiger partial charge in [-0.2, -0.15) is 0 Å². The van der Waals surface area contributed by atoms with Crippen molar-refractivity contribution in [1.29, 1.82) is 0 Å². The first-order chi connectivity index (χ1) is 7.01. The second-order valence-electron chi connectivity index (χ2n) is 2.03. The molecule has 0 amide bonds. The Morgan fingerprint density at radius 2 is 1.40 bits per heavy atom. The average Bonchev–Trinajstić information content (AvgIpc) is 2.20. The van der Waals surface area contributed by atoms with E-state index in [1.807, 2.05) is 6.92 Å². The molecule has 0 saturated carbocycles. The van der Waals surface area contributed by atoms with Gasteiger partial charge < -0.3 is 5.11 Å². The highest BCUT2D eigenvalue weighted by molar-refractivity contribution is 5.78. The lowest BCUT2D eigenvalue weighted by atomic mass is 10.6. The smallest absolute Gasteiger partial charge is 0.327 e. The van der Waals surface area contributed by atoms with E-state index in [9.17, 15) is 4.79 Å². The minimum absolute atomic E-state index is 0.639. The van der Waals surface area contributed by atoms with Gasteiger partial charge in [-0.1, -0.05) is 39.5 Å². The lowest BCUT2D eigenvalue weighted by molar-refractivity contribution is -0.131. The molecule has 1 N–H and O–H groups in total. The van der Waals surface area contributed by atoms with Crippen molar-refractivity contribution in [3.63, 3.8) is 0 Å². The number of aldehydes is 1. The number of carbonyl (C=O) groups is 2. The number of carbonyl (C=O) groups excluding carboxylic acids is 1. The normalized spacial score (nSPS) is 5.53. The predicted molar refractivity (Wildman–Crippen MR) is 65.9 cm³/mol. The molecule has 0 heterocycles. The van der Waals surface area contributed by atoms with Crippen LogP contribution in [0.3, 0.4) is 0 Å². The maximum absolute atomic E-state index is 9.25. The second-order valence-corrected chi connectivity index (χ2v) is 2.03. The Kier molecular flexibility index (Phi) is 61.2. The summed E-state index contributed by atoms with van der Waals surface area (Å²) in [6, 6.07) is 0. The van der Waals surface area contributed by atoms with Crippen molar-refractivity contribution in [2.45, 2.75) is 27.2 Å². The number of allylic oxidation sites excluding steroid dienone is 2. The number of aliphatic carboxylic acids is 1. The van der Waals surface area contributed by atoms with Crippen LogP contribution in [0, 0.1) is 0 Å². The van der Waals surface area contributed by atoms with Crippen molar-refractivity contribution < 1.29 is 14.7 Å². The molecule has 0 bridgehead atoms. The number of carboxylic acids is 1. The van der Waals surface area contributed by atoms with E-state index in [2.05, 4.69) is 33.6 Å². The highest BCUT2D eigenvalue weighted by atomic mass is 16.4. The average molecular weight is 214 g/mol. The number of rotatable bonds is 2. The summed E-state index contributed by atoms with van der Waals surface area (Å²) in [7, 11) is 0. The first kappa shape index (κ1) is 23.3. The largest absolute Gasteiger partial charge is 0.478 e. The Balaban J connectivity index is -0.0000000553. The van der Waals surface area contributed by atoms with Crippen molar-refractivity contribution in [2.24, 2.45) is 0 Å². The lowest BCUT2D eigenvalue weighted by Crippen LogP contribution is -1.82. The molecule has 0 atom stereocenters. The molecule has 0 unspecified atom stereocenters. The van der Waals surface area contributed by atoms with Crippen molar-refractivity contribution in [3.8, 4) is 0 Å². The highest BCUT2D eigenvalue weighted by Gasteiger charge is 1.73. The van der Waals surface area contributed by atoms with Gasteiger partial charge >= 0.3 is 5.97 Å². The molecule has 3 nitrogen and oxygen atoms in total. The lowest BCUT2D eigenvalue weighted by Gasteiger charge is -1.64. The van der Waals surface area contributed by atoms with E-state index in [1.54, 1.807) is 6.08 Å². The maximum Gasteiger partial charge on any atom is 0.327 e. The van der Waals surface area contributed by atoms with E-state index in [1.165, 1.54) is 12.5 Å². The third-order valence-corrected chi connectivity index (χ3v) is 0.271. The Labute approximate surface area is 92.8 Å². The Morgan fingerprint density at radius 1 is 1.27 bits per heavy atom. The number of hydrogen-bond donors (Lipinski definition) is 1. The standard InChI is InChI=1S/C3H4O2.C3H4O.C3H8.C3H6/c1-2-3(4)5;1-2-3-4;2*1-3-2/h2H,1H2,(H,4,5);2-3H,1H2;3H2,1-2H3;3H,1H2,2H3. The third-order valence-electron chi connectivity index (χ3n) is 0.271. The predicted octanol–water partition coefficient (Wildman–Crippen LogP) is 3.24. The molecule has 0 rings (SSSR count). The highest BCUT2D eigenvalue weighted by Crippen LogP contribution is 1.56. The molecule has 0 fully saturated rings. The van der Waals surface area contributed by atoms with E-state index in [4.69, 9.17) is 9.90 Å². The maximum atomic E-state index is 9.25. The van der Waals surface area contributed by atoms with E-state index < -0.39 is 5.97 Å². The van der Waals surface area contributed by atoms with Gasteiger partial charge in [0.2, 0.25) is 0 Å². The molecule has 88 valence electrons. The van der Waals surface area contributed by atoms with Crippen molar-refractivity contribution in [1.82, 2.24) is 0 Å². The summed E-state index contributed by atoms with van der Waals surface area (Å²) >= 11 is 0. The zero-order valence-electron chi connectivity index (χ0n) is 9.90. The van der Waals surface area contributed by atoms with Crippen LogP contribution < -0.4 is 0 Å². The first-order valence-electron chi connectivity index (χ1n) is 4.50. The molecule has 15 heavy (non-hydrogen) atoms. The van der Waals surface area contributed by atoms with Crippen LogP contribution in [0.2, 0.25) is 0 Å². The minimum Gasteiger partial charge on any atom is -0.478 e. The summed E-state index contributed by atoms with van der Waals surface area (Å²) in [4.78, 5) is 18.3. The van der Waals surface area contributed by atoms with Gasteiger partial charge in [-0.05, 0) is 13.0 Å². The molecule has 0 aromatic rings. The molecule has 0 aliphatic rings. The Morgan fingerprint density at radius 3 is 1.40 bits per heavy atom. The quantitative estimate of drug-likeness (QED) is 0.436. The molecule has 0 aliphatic carbocycles. The fraction of sp³-hybridized carbons (Fsp3) is 0.333. The molecule has 0 aromatic heterocycles. The first-order valence-corrected chi connectivity index (χ1v) is 4.50. The van der Waals surface area contributed by atoms with Gasteiger partial charge in [0.15, 0.2) is 0 Å². The molecule has 0 aromatic carbocycles. The molecule has 3 heteroatoms. The van der Waals surface area contributed by atoms with E-state index >= 15 is 0 Å². The molecule has 0 spiro atoms. The molecule has 0 radical (unpaired) electrons. The van der Waals surface area contributed by atoms with Crippen molar-refractivity contribution in [3.05, 3.63) is 38.0 Å². The van der Waals surface area contributed by atoms with Gasteiger partial charge in [0.05, 0.1) is 0 Å². The minimum atomic E-state index is -0.981. The van der Waals surface area contributed by atoms with E-state index in [-0.39, 0.29) is 0 Å². The van der Waals surface area contributed by atoms with Crippen molar-refractivity contribution in [2.75, 3.05) is 0 Å². The van der Waals surface area contributed by atoms with Crippen LogP contribution in [-0.4, -0.2) is 17.4 Å². The summed E-state index contributed by atoms with van der Waals surface area (Å²) in [6.45, 7) is 15.6. The summed E-state index contributed by atoms with van der Waals surface area (Å²) in [5, 5.41) is 7.60. The third kappa shape index (κ3) is 717. The molecular formula is C12H22O3. The van der Waals surface area contributed by atoms with Crippen LogP contribution in [0.5, 0.6) is 0 Å². The summed E-state index contributed by atoms with van der Waals surface area (Å²) in [6.07, 6.45) is 5.67. The van der Waals surface area contributed by atoms with Crippen LogP contribution in [0.4, 0.5) is 0 Å². The molecule has 0 aliphatic heterocycles. The van der Waals surface area contributed by atoms with Crippen LogP contribution in [0.25, 0.3) is 0 Å². The van der Waals surface area contributed by atoms with Crippen LogP contribution in [-0.2, 0) is 9.59 Å².